The minimum atomic E-state index is -0.882. The van der Waals surface area contributed by atoms with E-state index in [0.717, 1.165) is 57.1 Å². The zero-order chi connectivity index (χ0) is 17.9. The Morgan fingerprint density at radius 1 is 1.23 bits per heavy atom. The Morgan fingerprint density at radius 2 is 2.08 bits per heavy atom. The van der Waals surface area contributed by atoms with E-state index in [-0.39, 0.29) is 6.61 Å². The molecule has 0 unspecified atom stereocenters. The van der Waals surface area contributed by atoms with Crippen molar-refractivity contribution in [3.05, 3.63) is 41.6 Å². The first-order valence-corrected chi connectivity index (χ1v) is 9.57. The summed E-state index contributed by atoms with van der Waals surface area (Å²) >= 11 is 0. The van der Waals surface area contributed by atoms with Gasteiger partial charge < -0.3 is 14.6 Å². The average Bonchev–Trinajstić information content (AvgIpc) is 3.27. The molecule has 4 heterocycles. The summed E-state index contributed by atoms with van der Waals surface area (Å²) in [4.78, 5) is 5.03. The van der Waals surface area contributed by atoms with Crippen molar-refractivity contribution in [3.8, 4) is 0 Å². The number of aliphatic hydroxyl groups is 2. The summed E-state index contributed by atoms with van der Waals surface area (Å²) in [6.07, 6.45) is 4.26. The number of aliphatic hydroxyl groups excluding tert-OH is 2. The van der Waals surface area contributed by atoms with Crippen LogP contribution in [-0.2, 0) is 19.6 Å². The van der Waals surface area contributed by atoms with Crippen LogP contribution < -0.4 is 0 Å². The fraction of sp³-hybridized carbons (Fsp3) is 0.632. The predicted octanol–water partition coefficient (Wildman–Crippen LogP) is 1.37. The largest absolute Gasteiger partial charge is 0.468 e. The molecule has 1 fully saturated rings. The van der Waals surface area contributed by atoms with Crippen LogP contribution in [0.25, 0.3) is 0 Å². The van der Waals surface area contributed by atoms with E-state index in [1.807, 2.05) is 22.9 Å². The first-order chi connectivity index (χ1) is 12.7. The van der Waals surface area contributed by atoms with Crippen molar-refractivity contribution in [1.29, 1.82) is 0 Å². The highest BCUT2D eigenvalue weighted by atomic mass is 16.3. The van der Waals surface area contributed by atoms with Crippen LogP contribution in [-0.4, -0.2) is 62.1 Å². The fourth-order valence-electron chi connectivity index (χ4n) is 4.14. The second-order valence-electron chi connectivity index (χ2n) is 7.39. The van der Waals surface area contributed by atoms with E-state index in [9.17, 15) is 5.11 Å². The van der Waals surface area contributed by atoms with Crippen molar-refractivity contribution in [2.45, 2.75) is 51.0 Å². The second-order valence-corrected chi connectivity index (χ2v) is 7.39. The number of hydrogen-bond acceptors (Lipinski definition) is 6. The molecule has 26 heavy (non-hydrogen) atoms. The third-order valence-corrected chi connectivity index (χ3v) is 5.61. The Hall–Kier alpha value is -1.67. The second kappa shape index (κ2) is 7.92. The van der Waals surface area contributed by atoms with Crippen molar-refractivity contribution in [2.24, 2.45) is 0 Å². The molecule has 0 spiro atoms. The first-order valence-electron chi connectivity index (χ1n) is 9.57. The van der Waals surface area contributed by atoms with Crippen LogP contribution in [0.5, 0.6) is 0 Å². The molecule has 2 aliphatic rings. The van der Waals surface area contributed by atoms with Crippen LogP contribution in [0, 0.1) is 0 Å². The van der Waals surface area contributed by atoms with Gasteiger partial charge in [0.1, 0.15) is 11.9 Å². The van der Waals surface area contributed by atoms with Crippen LogP contribution in [0.4, 0.5) is 0 Å². The van der Waals surface area contributed by atoms with Crippen molar-refractivity contribution in [1.82, 2.24) is 19.6 Å². The van der Waals surface area contributed by atoms with E-state index in [1.54, 1.807) is 6.26 Å². The lowest BCUT2D eigenvalue weighted by Crippen LogP contribution is -2.44. The Balaban J connectivity index is 1.36. The normalized spacial score (nSPS) is 21.5. The number of piperidine rings is 1. The molecule has 0 bridgehead atoms. The lowest BCUT2D eigenvalue weighted by atomic mass is 10.0. The molecule has 2 aliphatic heterocycles. The fourth-order valence-corrected chi connectivity index (χ4v) is 4.14. The Labute approximate surface area is 153 Å². The Morgan fingerprint density at radius 3 is 2.81 bits per heavy atom. The van der Waals surface area contributed by atoms with E-state index in [4.69, 9.17) is 9.52 Å². The molecule has 0 saturated carbocycles. The van der Waals surface area contributed by atoms with Crippen LogP contribution in [0.2, 0.25) is 0 Å². The van der Waals surface area contributed by atoms with E-state index in [1.165, 1.54) is 12.8 Å². The molecular formula is C19H28N4O3. The van der Waals surface area contributed by atoms with E-state index in [0.29, 0.717) is 11.7 Å². The van der Waals surface area contributed by atoms with Gasteiger partial charge in [0, 0.05) is 38.8 Å². The SMILES string of the molecule is OC[C@@H](O)c1cc2n(n1)CCCN(C1CCN(Cc3ccco3)CC1)C2. The van der Waals surface area contributed by atoms with Crippen LogP contribution in [0.3, 0.4) is 0 Å². The summed E-state index contributed by atoms with van der Waals surface area (Å²) in [7, 11) is 0. The average molecular weight is 360 g/mol. The first kappa shape index (κ1) is 17.7. The maximum Gasteiger partial charge on any atom is 0.121 e. The zero-order valence-electron chi connectivity index (χ0n) is 15.1. The minimum Gasteiger partial charge on any atom is -0.468 e. The van der Waals surface area contributed by atoms with Crippen molar-refractivity contribution < 1.29 is 14.6 Å². The molecule has 0 aromatic carbocycles. The highest BCUT2D eigenvalue weighted by Gasteiger charge is 2.27. The number of likely N-dealkylation sites (tertiary alicyclic amines) is 1. The number of furan rings is 1. The van der Waals surface area contributed by atoms with Gasteiger partial charge in [0.05, 0.1) is 30.8 Å². The highest BCUT2D eigenvalue weighted by Crippen LogP contribution is 2.24. The van der Waals surface area contributed by atoms with E-state index >= 15 is 0 Å². The maximum absolute atomic E-state index is 9.85. The third-order valence-electron chi connectivity index (χ3n) is 5.61. The minimum absolute atomic E-state index is 0.283. The molecule has 1 atom stereocenters. The van der Waals surface area contributed by atoms with Gasteiger partial charge in [-0.3, -0.25) is 14.5 Å². The molecule has 4 rings (SSSR count). The van der Waals surface area contributed by atoms with Gasteiger partial charge in [0.25, 0.3) is 0 Å². The zero-order valence-corrected chi connectivity index (χ0v) is 15.1. The molecule has 0 radical (unpaired) electrons. The molecule has 7 nitrogen and oxygen atoms in total. The van der Waals surface area contributed by atoms with Gasteiger partial charge in [-0.15, -0.1) is 0 Å². The van der Waals surface area contributed by atoms with E-state index < -0.39 is 6.10 Å². The lowest BCUT2D eigenvalue weighted by Gasteiger charge is -2.37. The molecule has 2 aromatic heterocycles. The van der Waals surface area contributed by atoms with Gasteiger partial charge in [-0.05, 0) is 37.5 Å². The predicted molar refractivity (Wildman–Crippen MR) is 96.3 cm³/mol. The summed E-state index contributed by atoms with van der Waals surface area (Å²) in [5.41, 5.74) is 1.72. The summed E-state index contributed by atoms with van der Waals surface area (Å²) in [6, 6.07) is 6.53. The van der Waals surface area contributed by atoms with Gasteiger partial charge in [-0.2, -0.15) is 5.10 Å². The summed E-state index contributed by atoms with van der Waals surface area (Å²) in [5.74, 6) is 1.04. The number of hydrogen-bond donors (Lipinski definition) is 2. The lowest BCUT2D eigenvalue weighted by molar-refractivity contribution is 0.0910. The van der Waals surface area contributed by atoms with Gasteiger partial charge in [-0.1, -0.05) is 0 Å². The van der Waals surface area contributed by atoms with Crippen molar-refractivity contribution >= 4 is 0 Å². The molecule has 1 saturated heterocycles. The van der Waals surface area contributed by atoms with Crippen LogP contribution >= 0.6 is 0 Å². The third kappa shape index (κ3) is 3.86. The standard InChI is InChI=1S/C19H28N4O3/c24-14-19(25)18-11-16-12-22(6-2-7-23(16)20-18)15-4-8-21(9-5-15)13-17-3-1-10-26-17/h1,3,10-11,15,19,24-25H,2,4-9,12-14H2/t19-/m1/s1. The molecule has 2 N–H and O–H groups in total. The van der Waals surface area contributed by atoms with E-state index in [2.05, 4.69) is 14.9 Å². The Bertz CT molecular complexity index is 692. The summed E-state index contributed by atoms with van der Waals surface area (Å²) in [6.45, 7) is 5.63. The quantitative estimate of drug-likeness (QED) is 0.839. The van der Waals surface area contributed by atoms with Gasteiger partial charge in [0.2, 0.25) is 0 Å². The van der Waals surface area contributed by atoms with Crippen LogP contribution in [0.1, 0.15) is 42.5 Å². The van der Waals surface area contributed by atoms with Gasteiger partial charge >= 0.3 is 0 Å². The number of nitrogens with zero attached hydrogens (tertiary/aromatic N) is 4. The number of aryl methyl sites for hydroxylation is 1. The molecule has 142 valence electrons. The number of fused-ring (bicyclic) bond motifs is 1. The molecular weight excluding hydrogens is 332 g/mol. The smallest absolute Gasteiger partial charge is 0.121 e. The number of rotatable bonds is 5. The summed E-state index contributed by atoms with van der Waals surface area (Å²) < 4.78 is 7.47. The topological polar surface area (TPSA) is 77.9 Å². The van der Waals surface area contributed by atoms with Gasteiger partial charge in [-0.25, -0.2) is 0 Å². The molecule has 0 amide bonds. The highest BCUT2D eigenvalue weighted by molar-refractivity contribution is 5.14. The van der Waals surface area contributed by atoms with Crippen LogP contribution in [0.15, 0.2) is 28.9 Å². The maximum atomic E-state index is 9.85. The molecule has 7 heteroatoms. The summed E-state index contributed by atoms with van der Waals surface area (Å²) in [5, 5.41) is 23.5. The molecule has 0 aliphatic carbocycles. The molecule has 2 aromatic rings. The van der Waals surface area contributed by atoms with Crippen molar-refractivity contribution in [2.75, 3.05) is 26.2 Å². The monoisotopic (exact) mass is 360 g/mol. The van der Waals surface area contributed by atoms with Crippen molar-refractivity contribution in [3.63, 3.8) is 0 Å². The Kier molecular flexibility index (Phi) is 5.40. The van der Waals surface area contributed by atoms with Gasteiger partial charge in [0.15, 0.2) is 0 Å². The number of aromatic nitrogens is 2.